The van der Waals surface area contributed by atoms with E-state index in [1.807, 2.05) is 37.6 Å². The van der Waals surface area contributed by atoms with E-state index in [0.717, 1.165) is 24.8 Å². The van der Waals surface area contributed by atoms with Crippen LogP contribution in [0.1, 0.15) is 69.8 Å². The highest BCUT2D eigenvalue weighted by molar-refractivity contribution is 5.69. The predicted molar refractivity (Wildman–Crippen MR) is 124 cm³/mol. The molecule has 0 unspecified atom stereocenters. The topological polar surface area (TPSA) is 119 Å². The largest absolute Gasteiger partial charge is 0.446 e. The van der Waals surface area contributed by atoms with Crippen LogP contribution in [0.25, 0.3) is 11.5 Å². The zero-order valence-electron chi connectivity index (χ0n) is 20.0. The Kier molecular flexibility index (Phi) is 7.26. The molecule has 1 atom stereocenters. The smallest absolute Gasteiger partial charge is 0.410 e. The normalized spacial score (nSPS) is 16.2. The first kappa shape index (κ1) is 23.9. The van der Waals surface area contributed by atoms with Crippen LogP contribution in [0.15, 0.2) is 35.2 Å². The van der Waals surface area contributed by atoms with Crippen LogP contribution in [0.2, 0.25) is 0 Å². The molecule has 1 aliphatic heterocycles. The Morgan fingerprint density at radius 3 is 2.88 bits per heavy atom. The van der Waals surface area contributed by atoms with E-state index in [1.54, 1.807) is 23.6 Å². The Balaban J connectivity index is 1.57. The van der Waals surface area contributed by atoms with E-state index in [2.05, 4.69) is 10.1 Å². The molecule has 4 rings (SSSR count). The third-order valence-electron chi connectivity index (χ3n) is 5.50. The number of ether oxygens (including phenoxy) is 1. The predicted octanol–water partition coefficient (Wildman–Crippen LogP) is 3.76. The molecule has 0 bridgehead atoms. The van der Waals surface area contributed by atoms with Crippen LogP contribution < -0.4 is 0 Å². The van der Waals surface area contributed by atoms with Crippen molar-refractivity contribution in [2.45, 2.75) is 71.1 Å². The zero-order chi connectivity index (χ0) is 24.1. The lowest BCUT2D eigenvalue weighted by atomic mass is 10.2. The summed E-state index contributed by atoms with van der Waals surface area (Å²) in [7, 11) is 0. The number of aryl methyl sites for hydroxylation is 1. The van der Waals surface area contributed by atoms with Gasteiger partial charge in [0.25, 0.3) is 0 Å². The van der Waals surface area contributed by atoms with E-state index in [9.17, 15) is 9.90 Å². The molecule has 4 heterocycles. The second kappa shape index (κ2) is 10.3. The number of hydrogen-bond acceptors (Lipinski definition) is 8. The number of rotatable bonds is 8. The minimum Gasteiger partial charge on any atom is -0.446 e. The van der Waals surface area contributed by atoms with Gasteiger partial charge in [0.05, 0.1) is 0 Å². The number of carbonyl (C=O) groups excluding carboxylic acids is 1. The molecule has 182 valence electrons. The van der Waals surface area contributed by atoms with Crippen LogP contribution in [-0.4, -0.2) is 59.6 Å². The van der Waals surface area contributed by atoms with Crippen molar-refractivity contribution in [3.63, 3.8) is 0 Å². The van der Waals surface area contributed by atoms with Gasteiger partial charge in [0.2, 0.25) is 5.89 Å². The molecular formula is C24H32N6O4. The van der Waals surface area contributed by atoms with Crippen LogP contribution in [0.3, 0.4) is 0 Å². The van der Waals surface area contributed by atoms with Gasteiger partial charge in [-0.25, -0.2) is 19.4 Å². The second-order valence-electron chi connectivity index (χ2n) is 9.45. The standard InChI is InChI=1S/C24H32N6O4/c1-24(2,3)34-23(32)29-11-7-9-19(29)22-26-18(16-33-22)21-27-20(14-17-8-6-10-25-15-17)28-30(21)12-4-5-13-31/h6,8,10,15-16,19,31H,4-5,7,9,11-14H2,1-3H3/t19-/m0/s1. The number of unbranched alkanes of at least 4 members (excludes halogenated alkanes) is 1. The van der Waals surface area contributed by atoms with Crippen molar-refractivity contribution in [2.24, 2.45) is 0 Å². The van der Waals surface area contributed by atoms with Crippen molar-refractivity contribution in [3.8, 4) is 11.5 Å². The van der Waals surface area contributed by atoms with Crippen molar-refractivity contribution >= 4 is 6.09 Å². The molecule has 1 fully saturated rings. The van der Waals surface area contributed by atoms with Gasteiger partial charge in [0.15, 0.2) is 11.6 Å². The number of aromatic nitrogens is 5. The number of aliphatic hydroxyl groups is 1. The molecular weight excluding hydrogens is 436 g/mol. The van der Waals surface area contributed by atoms with Gasteiger partial charge in [-0.15, -0.1) is 0 Å². The first-order valence-corrected chi connectivity index (χ1v) is 11.7. The molecule has 3 aromatic heterocycles. The van der Waals surface area contributed by atoms with Crippen molar-refractivity contribution in [2.75, 3.05) is 13.2 Å². The van der Waals surface area contributed by atoms with E-state index in [0.29, 0.717) is 49.2 Å². The number of pyridine rings is 1. The second-order valence-corrected chi connectivity index (χ2v) is 9.45. The molecule has 10 heteroatoms. The maximum absolute atomic E-state index is 12.7. The molecule has 34 heavy (non-hydrogen) atoms. The quantitative estimate of drug-likeness (QED) is 0.496. The molecule has 0 spiro atoms. The highest BCUT2D eigenvalue weighted by atomic mass is 16.6. The zero-order valence-corrected chi connectivity index (χ0v) is 20.0. The van der Waals surface area contributed by atoms with Crippen LogP contribution in [0.5, 0.6) is 0 Å². The van der Waals surface area contributed by atoms with Crippen molar-refractivity contribution in [1.82, 2.24) is 29.6 Å². The molecule has 1 aliphatic rings. The highest BCUT2D eigenvalue weighted by Gasteiger charge is 2.36. The van der Waals surface area contributed by atoms with E-state index in [-0.39, 0.29) is 18.7 Å². The number of amides is 1. The Bertz CT molecular complexity index is 1090. The first-order chi connectivity index (χ1) is 16.3. The summed E-state index contributed by atoms with van der Waals surface area (Å²) >= 11 is 0. The lowest BCUT2D eigenvalue weighted by molar-refractivity contribution is 0.0204. The number of carbonyl (C=O) groups is 1. The highest BCUT2D eigenvalue weighted by Crippen LogP contribution is 2.34. The molecule has 3 aromatic rings. The Hall–Kier alpha value is -3.27. The third kappa shape index (κ3) is 5.80. The summed E-state index contributed by atoms with van der Waals surface area (Å²) < 4.78 is 13.2. The van der Waals surface area contributed by atoms with Gasteiger partial charge >= 0.3 is 6.09 Å². The van der Waals surface area contributed by atoms with Crippen LogP contribution in [0.4, 0.5) is 4.79 Å². The molecule has 1 N–H and O–H groups in total. The number of aliphatic hydroxyl groups excluding tert-OH is 1. The fourth-order valence-corrected chi connectivity index (χ4v) is 3.97. The number of oxazole rings is 1. The maximum atomic E-state index is 12.7. The number of hydrogen-bond donors (Lipinski definition) is 1. The van der Waals surface area contributed by atoms with Crippen LogP contribution in [0, 0.1) is 0 Å². The van der Waals surface area contributed by atoms with Gasteiger partial charge in [-0.1, -0.05) is 6.07 Å². The van der Waals surface area contributed by atoms with Gasteiger partial charge in [0.1, 0.15) is 23.6 Å². The minimum absolute atomic E-state index is 0.128. The van der Waals surface area contributed by atoms with Crippen molar-refractivity contribution in [1.29, 1.82) is 0 Å². The summed E-state index contributed by atoms with van der Waals surface area (Å²) in [6.45, 7) is 6.89. The average molecular weight is 469 g/mol. The number of likely N-dealkylation sites (tertiary alicyclic amines) is 1. The summed E-state index contributed by atoms with van der Waals surface area (Å²) in [6, 6.07) is 3.60. The van der Waals surface area contributed by atoms with Gasteiger partial charge in [0, 0.05) is 38.5 Å². The lowest BCUT2D eigenvalue weighted by Gasteiger charge is -2.27. The van der Waals surface area contributed by atoms with E-state index in [1.165, 1.54) is 0 Å². The molecule has 1 saturated heterocycles. The summed E-state index contributed by atoms with van der Waals surface area (Å²) in [4.78, 5) is 28.0. The van der Waals surface area contributed by atoms with Gasteiger partial charge in [-0.2, -0.15) is 5.10 Å². The Labute approximate surface area is 199 Å². The molecule has 0 aromatic carbocycles. The fourth-order valence-electron chi connectivity index (χ4n) is 3.97. The summed E-state index contributed by atoms with van der Waals surface area (Å²) in [5.41, 5.74) is 1.02. The molecule has 10 nitrogen and oxygen atoms in total. The Morgan fingerprint density at radius 1 is 1.29 bits per heavy atom. The molecule has 0 aliphatic carbocycles. The van der Waals surface area contributed by atoms with Crippen LogP contribution >= 0.6 is 0 Å². The summed E-state index contributed by atoms with van der Waals surface area (Å²) in [6.07, 6.45) is 8.34. The van der Waals surface area contributed by atoms with Gasteiger partial charge < -0.3 is 14.3 Å². The molecule has 0 saturated carbocycles. The van der Waals surface area contributed by atoms with E-state index < -0.39 is 5.60 Å². The molecule has 0 radical (unpaired) electrons. The first-order valence-electron chi connectivity index (χ1n) is 11.7. The van der Waals surface area contributed by atoms with Crippen LogP contribution in [-0.2, 0) is 17.7 Å². The average Bonchev–Trinajstić information content (AvgIpc) is 3.53. The Morgan fingerprint density at radius 2 is 2.15 bits per heavy atom. The summed E-state index contributed by atoms with van der Waals surface area (Å²) in [5, 5.41) is 13.8. The molecule has 1 amide bonds. The fraction of sp³-hybridized carbons (Fsp3) is 0.542. The lowest BCUT2D eigenvalue weighted by Crippen LogP contribution is -2.36. The van der Waals surface area contributed by atoms with Crippen molar-refractivity contribution in [3.05, 3.63) is 48.1 Å². The van der Waals surface area contributed by atoms with E-state index >= 15 is 0 Å². The van der Waals surface area contributed by atoms with E-state index in [4.69, 9.17) is 19.1 Å². The number of nitrogens with zero attached hydrogens (tertiary/aromatic N) is 6. The summed E-state index contributed by atoms with van der Waals surface area (Å²) in [5.74, 6) is 1.73. The SMILES string of the molecule is CC(C)(C)OC(=O)N1CCC[C@H]1c1nc(-c2nc(Cc3cccnc3)nn2CCCCO)co1. The monoisotopic (exact) mass is 468 g/mol. The minimum atomic E-state index is -0.568. The van der Waals surface area contributed by atoms with Crippen molar-refractivity contribution < 1.29 is 19.1 Å². The van der Waals surface area contributed by atoms with Gasteiger partial charge in [-0.3, -0.25) is 9.88 Å². The maximum Gasteiger partial charge on any atom is 0.410 e. The van der Waals surface area contributed by atoms with Gasteiger partial charge in [-0.05, 0) is 58.1 Å². The third-order valence-corrected chi connectivity index (χ3v) is 5.50.